The van der Waals surface area contributed by atoms with Crippen LogP contribution in [0.2, 0.25) is 0 Å². The van der Waals surface area contributed by atoms with Gasteiger partial charge in [0.15, 0.2) is 23.1 Å². The molecule has 0 aliphatic rings. The normalized spacial score (nSPS) is 11.5. The largest absolute Gasteiger partial charge is 0.436 e. The molecule has 3 aromatic heterocycles. The van der Waals surface area contributed by atoms with E-state index in [0.717, 1.165) is 61.0 Å². The van der Waals surface area contributed by atoms with Crippen LogP contribution in [0.5, 0.6) is 0 Å². The average molecular weight is 685 g/mol. The van der Waals surface area contributed by atoms with Crippen LogP contribution < -0.4 is 0 Å². The molecule has 0 unspecified atom stereocenters. The molecule has 0 aliphatic heterocycles. The van der Waals surface area contributed by atoms with Crippen molar-refractivity contribution < 1.29 is 4.42 Å². The van der Waals surface area contributed by atoms with Crippen molar-refractivity contribution in [2.24, 2.45) is 0 Å². The van der Waals surface area contributed by atoms with E-state index in [1.807, 2.05) is 60.7 Å². The molecule has 244 valence electrons. The Bertz CT molecular complexity index is 2860. The van der Waals surface area contributed by atoms with E-state index in [1.54, 1.807) is 11.3 Å². The van der Waals surface area contributed by atoms with Gasteiger partial charge in [0.05, 0.1) is 0 Å². The number of benzene rings is 7. The molecule has 0 radical (unpaired) electrons. The molecule has 7 aromatic carbocycles. The maximum atomic E-state index is 6.02. The van der Waals surface area contributed by atoms with Gasteiger partial charge in [0.25, 0.3) is 0 Å². The van der Waals surface area contributed by atoms with E-state index in [1.165, 1.54) is 14.8 Å². The Labute approximate surface area is 303 Å². The highest BCUT2D eigenvalue weighted by Gasteiger charge is 2.18. The molecule has 0 bridgehead atoms. The van der Waals surface area contributed by atoms with Crippen molar-refractivity contribution in [3.63, 3.8) is 0 Å². The van der Waals surface area contributed by atoms with Gasteiger partial charge in [0.1, 0.15) is 5.52 Å². The second-order valence-electron chi connectivity index (χ2n) is 12.7. The first-order valence-electron chi connectivity index (χ1n) is 17.1. The number of oxazole rings is 1. The summed E-state index contributed by atoms with van der Waals surface area (Å²) < 4.78 is 8.42. The molecule has 0 amide bonds. The second kappa shape index (κ2) is 12.5. The lowest BCUT2D eigenvalue weighted by atomic mass is 9.99. The third-order valence-corrected chi connectivity index (χ3v) is 10.5. The van der Waals surface area contributed by atoms with Crippen molar-refractivity contribution in [3.8, 4) is 67.9 Å². The molecule has 0 aliphatic carbocycles. The van der Waals surface area contributed by atoms with Crippen molar-refractivity contribution in [2.45, 2.75) is 0 Å². The molecule has 0 N–H and O–H groups in total. The predicted octanol–water partition coefficient (Wildman–Crippen LogP) is 12.4. The third kappa shape index (κ3) is 5.43. The van der Waals surface area contributed by atoms with E-state index in [0.29, 0.717) is 23.4 Å². The first-order valence-corrected chi connectivity index (χ1v) is 17.9. The van der Waals surface area contributed by atoms with Gasteiger partial charge in [-0.25, -0.2) is 19.9 Å². The van der Waals surface area contributed by atoms with Crippen LogP contribution in [0, 0.1) is 0 Å². The Kier molecular flexibility index (Phi) is 7.25. The van der Waals surface area contributed by atoms with Gasteiger partial charge in [-0.15, -0.1) is 11.3 Å². The average Bonchev–Trinajstić information content (AvgIpc) is 3.83. The summed E-state index contributed by atoms with van der Waals surface area (Å²) in [7, 11) is 0. The SMILES string of the molecule is c1ccc(-c2cccc(-c3nc(-c4ccccc4)nc(-c4cccc5sc6ccc(-c7ccc(-c8nc9ccccc9o8)cc7)cc6c45)n3)c2)cc1. The number of aromatic nitrogens is 4. The molecule has 52 heavy (non-hydrogen) atoms. The second-order valence-corrected chi connectivity index (χ2v) is 13.8. The van der Waals surface area contributed by atoms with Gasteiger partial charge in [0.2, 0.25) is 5.89 Å². The van der Waals surface area contributed by atoms with Crippen LogP contribution in [0.4, 0.5) is 0 Å². The number of thiophene rings is 1. The molecule has 10 rings (SSSR count). The molecule has 0 atom stereocenters. The Morgan fingerprint density at radius 1 is 0.385 bits per heavy atom. The lowest BCUT2D eigenvalue weighted by molar-refractivity contribution is 0.620. The molecule has 0 saturated carbocycles. The van der Waals surface area contributed by atoms with Crippen LogP contribution in [0.25, 0.3) is 99.1 Å². The van der Waals surface area contributed by atoms with Crippen molar-refractivity contribution in [1.82, 2.24) is 19.9 Å². The number of para-hydroxylation sites is 2. The molecule has 10 aromatic rings. The highest BCUT2D eigenvalue weighted by atomic mass is 32.1. The van der Waals surface area contributed by atoms with E-state index >= 15 is 0 Å². The van der Waals surface area contributed by atoms with Gasteiger partial charge in [-0.1, -0.05) is 121 Å². The Balaban J connectivity index is 1.10. The number of hydrogen-bond donors (Lipinski definition) is 0. The minimum atomic E-state index is 0.620. The molecule has 0 fully saturated rings. The smallest absolute Gasteiger partial charge is 0.227 e. The number of rotatable bonds is 6. The number of fused-ring (bicyclic) bond motifs is 4. The molecular formula is C46H28N4OS. The molecule has 0 saturated heterocycles. The maximum absolute atomic E-state index is 6.02. The summed E-state index contributed by atoms with van der Waals surface area (Å²) >= 11 is 1.78. The predicted molar refractivity (Wildman–Crippen MR) is 213 cm³/mol. The third-order valence-electron chi connectivity index (χ3n) is 9.39. The lowest BCUT2D eigenvalue weighted by Gasteiger charge is -2.11. The van der Waals surface area contributed by atoms with Crippen LogP contribution in [-0.2, 0) is 0 Å². The van der Waals surface area contributed by atoms with E-state index in [2.05, 4.69) is 114 Å². The summed E-state index contributed by atoms with van der Waals surface area (Å²) in [4.78, 5) is 20.0. The van der Waals surface area contributed by atoms with Crippen LogP contribution >= 0.6 is 11.3 Å². The monoisotopic (exact) mass is 684 g/mol. The van der Waals surface area contributed by atoms with E-state index in [4.69, 9.17) is 19.4 Å². The zero-order valence-electron chi connectivity index (χ0n) is 27.8. The Morgan fingerprint density at radius 2 is 0.981 bits per heavy atom. The highest BCUT2D eigenvalue weighted by Crippen LogP contribution is 2.41. The van der Waals surface area contributed by atoms with Crippen molar-refractivity contribution >= 4 is 42.6 Å². The van der Waals surface area contributed by atoms with Crippen molar-refractivity contribution in [3.05, 3.63) is 170 Å². The van der Waals surface area contributed by atoms with Gasteiger partial charge in [-0.2, -0.15) is 0 Å². The summed E-state index contributed by atoms with van der Waals surface area (Å²) in [5.74, 6) is 2.54. The fourth-order valence-electron chi connectivity index (χ4n) is 6.80. The van der Waals surface area contributed by atoms with E-state index < -0.39 is 0 Å². The van der Waals surface area contributed by atoms with Crippen molar-refractivity contribution in [2.75, 3.05) is 0 Å². The molecule has 6 heteroatoms. The zero-order valence-corrected chi connectivity index (χ0v) is 28.6. The van der Waals surface area contributed by atoms with Crippen LogP contribution in [0.3, 0.4) is 0 Å². The molecule has 3 heterocycles. The van der Waals surface area contributed by atoms with Gasteiger partial charge in [-0.05, 0) is 70.8 Å². The first-order chi connectivity index (χ1) is 25.7. The first kappa shape index (κ1) is 30.1. The number of nitrogens with zero attached hydrogens (tertiary/aromatic N) is 4. The summed E-state index contributed by atoms with van der Waals surface area (Å²) in [5.41, 5.74) is 9.95. The van der Waals surface area contributed by atoms with Gasteiger partial charge < -0.3 is 4.42 Å². The topological polar surface area (TPSA) is 64.7 Å². The highest BCUT2D eigenvalue weighted by molar-refractivity contribution is 7.26. The van der Waals surface area contributed by atoms with Gasteiger partial charge in [0, 0.05) is 42.4 Å². The molecular weight excluding hydrogens is 657 g/mol. The number of hydrogen-bond acceptors (Lipinski definition) is 6. The summed E-state index contributed by atoms with van der Waals surface area (Å²) in [6.45, 7) is 0. The summed E-state index contributed by atoms with van der Waals surface area (Å²) in [5, 5.41) is 2.31. The Hall–Kier alpha value is -6.76. The lowest BCUT2D eigenvalue weighted by Crippen LogP contribution is -2.00. The van der Waals surface area contributed by atoms with E-state index in [9.17, 15) is 0 Å². The maximum Gasteiger partial charge on any atom is 0.227 e. The van der Waals surface area contributed by atoms with Gasteiger partial charge in [-0.3, -0.25) is 0 Å². The molecule has 0 spiro atoms. The van der Waals surface area contributed by atoms with Crippen molar-refractivity contribution in [1.29, 1.82) is 0 Å². The summed E-state index contributed by atoms with van der Waals surface area (Å²) in [6, 6.07) is 58.3. The van der Waals surface area contributed by atoms with E-state index in [-0.39, 0.29) is 0 Å². The van der Waals surface area contributed by atoms with Gasteiger partial charge >= 0.3 is 0 Å². The zero-order chi connectivity index (χ0) is 34.4. The summed E-state index contributed by atoms with van der Waals surface area (Å²) in [6.07, 6.45) is 0. The Morgan fingerprint density at radius 3 is 1.79 bits per heavy atom. The van der Waals surface area contributed by atoms with Crippen LogP contribution in [-0.4, -0.2) is 19.9 Å². The quantitative estimate of drug-likeness (QED) is 0.174. The minimum absolute atomic E-state index is 0.620. The fraction of sp³-hybridized carbons (Fsp3) is 0. The molecule has 5 nitrogen and oxygen atoms in total. The van der Waals surface area contributed by atoms with Crippen LogP contribution in [0.1, 0.15) is 0 Å². The van der Waals surface area contributed by atoms with Crippen LogP contribution in [0.15, 0.2) is 174 Å². The fourth-order valence-corrected chi connectivity index (χ4v) is 7.92. The minimum Gasteiger partial charge on any atom is -0.436 e. The standard InChI is InChI=1S/C46H28N4OS/c1-3-11-29(12-4-1)33-15-9-16-35(27-33)44-48-43(31-13-5-2-6-14-31)49-45(50-44)36-17-10-20-41-42(36)37-28-34(25-26-40(37)52-41)30-21-23-32(24-22-30)46-47-38-18-7-8-19-39(38)51-46/h1-28H.